The van der Waals surface area contributed by atoms with Crippen LogP contribution in [0.15, 0.2) is 0 Å². The number of carbonyl (C=O) groups excluding carboxylic acids is 2. The van der Waals surface area contributed by atoms with Crippen LogP contribution in [0.2, 0.25) is 0 Å². The maximum atomic E-state index is 12.2. The van der Waals surface area contributed by atoms with E-state index >= 15 is 0 Å². The van der Waals surface area contributed by atoms with Gasteiger partial charge < -0.3 is 16.0 Å². The Morgan fingerprint density at radius 3 is 2.24 bits per heavy atom. The lowest BCUT2D eigenvalue weighted by atomic mass is 9.79. The molecule has 1 saturated carbocycles. The van der Waals surface area contributed by atoms with Gasteiger partial charge in [0.1, 0.15) is 6.04 Å². The largest absolute Gasteiger partial charge is 0.354 e. The zero-order valence-electron chi connectivity index (χ0n) is 13.9. The minimum Gasteiger partial charge on any atom is -0.354 e. The standard InChI is InChI=1S/C16H31N3O2/c1-12(2)11-18-15(21)13(3)19-14(20)10-16(17-4)8-6-5-7-9-16/h12-13,17H,5-11H2,1-4H3,(H,18,21)(H,19,20). The first-order valence-electron chi connectivity index (χ1n) is 8.14. The van der Waals surface area contributed by atoms with Gasteiger partial charge in [-0.3, -0.25) is 9.59 Å². The Labute approximate surface area is 128 Å². The summed E-state index contributed by atoms with van der Waals surface area (Å²) in [5, 5.41) is 8.99. The zero-order valence-corrected chi connectivity index (χ0v) is 13.9. The van der Waals surface area contributed by atoms with Crippen LogP contribution in [0.5, 0.6) is 0 Å². The number of rotatable bonds is 7. The molecule has 0 aromatic rings. The Hall–Kier alpha value is -1.10. The number of carbonyl (C=O) groups is 2. The molecule has 122 valence electrons. The third kappa shape index (κ3) is 6.04. The summed E-state index contributed by atoms with van der Waals surface area (Å²) in [6, 6.07) is -0.478. The molecular weight excluding hydrogens is 266 g/mol. The lowest BCUT2D eigenvalue weighted by Gasteiger charge is -2.36. The fourth-order valence-corrected chi connectivity index (χ4v) is 2.87. The summed E-state index contributed by atoms with van der Waals surface area (Å²) in [4.78, 5) is 24.1. The van der Waals surface area contributed by atoms with Crippen LogP contribution in [0.4, 0.5) is 0 Å². The molecule has 1 aliphatic rings. The summed E-state index contributed by atoms with van der Waals surface area (Å²) in [5.41, 5.74) is -0.0868. The van der Waals surface area contributed by atoms with Gasteiger partial charge in [0.25, 0.3) is 0 Å². The van der Waals surface area contributed by atoms with Crippen LogP contribution in [-0.4, -0.2) is 37.0 Å². The van der Waals surface area contributed by atoms with Crippen molar-refractivity contribution in [2.75, 3.05) is 13.6 Å². The summed E-state index contributed by atoms with van der Waals surface area (Å²) < 4.78 is 0. The second-order valence-corrected chi connectivity index (χ2v) is 6.70. The van der Waals surface area contributed by atoms with Crippen LogP contribution in [-0.2, 0) is 9.59 Å². The van der Waals surface area contributed by atoms with E-state index < -0.39 is 6.04 Å². The number of hydrogen-bond donors (Lipinski definition) is 3. The minimum atomic E-state index is -0.478. The molecule has 1 aliphatic carbocycles. The molecule has 0 spiro atoms. The molecule has 21 heavy (non-hydrogen) atoms. The Kier molecular flexibility index (Phi) is 7.15. The molecule has 0 heterocycles. The lowest BCUT2D eigenvalue weighted by Crippen LogP contribution is -2.51. The molecule has 1 fully saturated rings. The smallest absolute Gasteiger partial charge is 0.242 e. The average molecular weight is 297 g/mol. The van der Waals surface area contributed by atoms with Crippen LogP contribution in [0.25, 0.3) is 0 Å². The third-order valence-corrected chi connectivity index (χ3v) is 4.30. The highest BCUT2D eigenvalue weighted by Gasteiger charge is 2.33. The first kappa shape index (κ1) is 18.0. The van der Waals surface area contributed by atoms with Gasteiger partial charge in [0.05, 0.1) is 0 Å². The second-order valence-electron chi connectivity index (χ2n) is 6.70. The maximum Gasteiger partial charge on any atom is 0.242 e. The van der Waals surface area contributed by atoms with E-state index in [1.54, 1.807) is 6.92 Å². The number of hydrogen-bond acceptors (Lipinski definition) is 3. The molecule has 1 atom stereocenters. The summed E-state index contributed by atoms with van der Waals surface area (Å²) in [6.45, 7) is 6.46. The topological polar surface area (TPSA) is 70.2 Å². The number of nitrogens with one attached hydrogen (secondary N) is 3. The minimum absolute atomic E-state index is 0.0431. The van der Waals surface area contributed by atoms with Gasteiger partial charge in [0, 0.05) is 18.5 Å². The molecule has 5 nitrogen and oxygen atoms in total. The Morgan fingerprint density at radius 2 is 1.71 bits per heavy atom. The molecule has 0 radical (unpaired) electrons. The lowest BCUT2D eigenvalue weighted by molar-refractivity contribution is -0.129. The average Bonchev–Trinajstić information content (AvgIpc) is 2.45. The molecule has 0 aliphatic heterocycles. The van der Waals surface area contributed by atoms with Crippen LogP contribution >= 0.6 is 0 Å². The van der Waals surface area contributed by atoms with Crippen molar-refractivity contribution >= 4 is 11.8 Å². The normalized spacial score (nSPS) is 19.1. The van der Waals surface area contributed by atoms with E-state index in [1.165, 1.54) is 19.3 Å². The molecule has 0 aromatic heterocycles. The van der Waals surface area contributed by atoms with Gasteiger partial charge in [-0.15, -0.1) is 0 Å². The van der Waals surface area contributed by atoms with Crippen molar-refractivity contribution in [2.45, 2.75) is 70.9 Å². The van der Waals surface area contributed by atoms with Gasteiger partial charge in [0.2, 0.25) is 11.8 Å². The van der Waals surface area contributed by atoms with Gasteiger partial charge in [-0.1, -0.05) is 33.1 Å². The molecule has 0 saturated heterocycles. The van der Waals surface area contributed by atoms with Gasteiger partial charge in [-0.2, -0.15) is 0 Å². The highest BCUT2D eigenvalue weighted by Crippen LogP contribution is 2.30. The quantitative estimate of drug-likeness (QED) is 0.668. The first-order valence-corrected chi connectivity index (χ1v) is 8.14. The molecular formula is C16H31N3O2. The van der Waals surface area contributed by atoms with E-state index in [-0.39, 0.29) is 17.4 Å². The van der Waals surface area contributed by atoms with Crippen molar-refractivity contribution in [3.05, 3.63) is 0 Å². The SMILES string of the molecule is CNC1(CC(=O)NC(C)C(=O)NCC(C)C)CCCCC1. The Morgan fingerprint density at radius 1 is 1.10 bits per heavy atom. The van der Waals surface area contributed by atoms with Crippen molar-refractivity contribution in [2.24, 2.45) is 5.92 Å². The number of amides is 2. The van der Waals surface area contributed by atoms with E-state index in [4.69, 9.17) is 0 Å². The van der Waals surface area contributed by atoms with Gasteiger partial charge in [-0.25, -0.2) is 0 Å². The molecule has 1 unspecified atom stereocenters. The van der Waals surface area contributed by atoms with Gasteiger partial charge in [0.15, 0.2) is 0 Å². The fraction of sp³-hybridized carbons (Fsp3) is 0.875. The van der Waals surface area contributed by atoms with Crippen molar-refractivity contribution in [1.82, 2.24) is 16.0 Å². The van der Waals surface area contributed by atoms with Crippen molar-refractivity contribution in [1.29, 1.82) is 0 Å². The fourth-order valence-electron chi connectivity index (χ4n) is 2.87. The monoisotopic (exact) mass is 297 g/mol. The van der Waals surface area contributed by atoms with E-state index in [0.717, 1.165) is 12.8 Å². The van der Waals surface area contributed by atoms with E-state index in [2.05, 4.69) is 16.0 Å². The van der Waals surface area contributed by atoms with Crippen LogP contribution in [0.1, 0.15) is 59.3 Å². The van der Waals surface area contributed by atoms with E-state index in [0.29, 0.717) is 18.9 Å². The molecule has 3 N–H and O–H groups in total. The van der Waals surface area contributed by atoms with Crippen LogP contribution in [0.3, 0.4) is 0 Å². The van der Waals surface area contributed by atoms with Crippen molar-refractivity contribution < 1.29 is 9.59 Å². The van der Waals surface area contributed by atoms with Gasteiger partial charge in [-0.05, 0) is 32.7 Å². The zero-order chi connectivity index (χ0) is 15.9. The summed E-state index contributed by atoms with van der Waals surface area (Å²) in [7, 11) is 1.93. The molecule has 0 bridgehead atoms. The predicted molar refractivity (Wildman–Crippen MR) is 84.9 cm³/mol. The highest BCUT2D eigenvalue weighted by molar-refractivity contribution is 5.87. The van der Waals surface area contributed by atoms with Crippen LogP contribution in [0, 0.1) is 5.92 Å². The Bertz CT molecular complexity index is 349. The van der Waals surface area contributed by atoms with Crippen LogP contribution < -0.4 is 16.0 Å². The molecule has 5 heteroatoms. The molecule has 2 amide bonds. The van der Waals surface area contributed by atoms with E-state index in [1.807, 2.05) is 20.9 Å². The predicted octanol–water partition coefficient (Wildman–Crippen LogP) is 1.58. The third-order valence-electron chi connectivity index (χ3n) is 4.30. The molecule has 1 rings (SSSR count). The van der Waals surface area contributed by atoms with Gasteiger partial charge >= 0.3 is 0 Å². The van der Waals surface area contributed by atoms with E-state index in [9.17, 15) is 9.59 Å². The summed E-state index contributed by atoms with van der Waals surface area (Å²) in [6.07, 6.45) is 6.09. The van der Waals surface area contributed by atoms with Crippen molar-refractivity contribution in [3.63, 3.8) is 0 Å². The molecule has 0 aromatic carbocycles. The highest BCUT2D eigenvalue weighted by atomic mass is 16.2. The first-order chi connectivity index (χ1) is 9.88. The second kappa shape index (κ2) is 8.37. The summed E-state index contributed by atoms with van der Waals surface area (Å²) >= 11 is 0. The summed E-state index contributed by atoms with van der Waals surface area (Å²) in [5.74, 6) is 0.254. The Balaban J connectivity index is 2.42. The maximum absolute atomic E-state index is 12.2. The van der Waals surface area contributed by atoms with Crippen molar-refractivity contribution in [3.8, 4) is 0 Å².